The molecule has 0 saturated heterocycles. The van der Waals surface area contributed by atoms with E-state index < -0.39 is 11.6 Å². The first-order valence-corrected chi connectivity index (χ1v) is 7.62. The Labute approximate surface area is 117 Å². The van der Waals surface area contributed by atoms with Gasteiger partial charge in [0.2, 0.25) is 5.91 Å². The van der Waals surface area contributed by atoms with Gasteiger partial charge in [-0.05, 0) is 43.9 Å². The Kier molecular flexibility index (Phi) is 6.27. The van der Waals surface area contributed by atoms with Gasteiger partial charge in [0.25, 0.3) is 0 Å². The summed E-state index contributed by atoms with van der Waals surface area (Å²) in [5, 5.41) is 13.3. The Hall–Kier alpha value is -0.610. The molecule has 0 unspecified atom stereocenters. The standard InChI is InChI=1S/C15H30N2O2/c1-4-12-5-7-15(19,8-6-12)10-17-14(18)13(16)9-11(2)3/h11-13,19H,4-10,16H2,1-3H3,(H,17,18)/t12?,13-,15?/m1/s1. The van der Waals surface area contributed by atoms with Crippen molar-refractivity contribution in [3.05, 3.63) is 0 Å². The minimum Gasteiger partial charge on any atom is -0.388 e. The Balaban J connectivity index is 2.33. The fourth-order valence-corrected chi connectivity index (χ4v) is 2.80. The zero-order valence-electron chi connectivity index (χ0n) is 12.6. The fraction of sp³-hybridized carbons (Fsp3) is 0.933. The minimum absolute atomic E-state index is 0.139. The zero-order valence-corrected chi connectivity index (χ0v) is 12.6. The highest BCUT2D eigenvalue weighted by Crippen LogP contribution is 2.33. The summed E-state index contributed by atoms with van der Waals surface area (Å²) in [6, 6.07) is -0.462. The minimum atomic E-state index is -0.723. The smallest absolute Gasteiger partial charge is 0.237 e. The van der Waals surface area contributed by atoms with Crippen molar-refractivity contribution in [2.24, 2.45) is 17.6 Å². The topological polar surface area (TPSA) is 75.3 Å². The Bertz CT molecular complexity index is 284. The largest absolute Gasteiger partial charge is 0.388 e. The van der Waals surface area contributed by atoms with E-state index in [-0.39, 0.29) is 5.91 Å². The molecule has 1 fully saturated rings. The van der Waals surface area contributed by atoms with Crippen LogP contribution in [0.3, 0.4) is 0 Å². The van der Waals surface area contributed by atoms with Gasteiger partial charge in [0.15, 0.2) is 0 Å². The lowest BCUT2D eigenvalue weighted by molar-refractivity contribution is -0.124. The van der Waals surface area contributed by atoms with Crippen LogP contribution < -0.4 is 11.1 Å². The number of rotatable bonds is 6. The summed E-state index contributed by atoms with van der Waals surface area (Å²) >= 11 is 0. The molecule has 19 heavy (non-hydrogen) atoms. The van der Waals surface area contributed by atoms with E-state index in [1.807, 2.05) is 13.8 Å². The van der Waals surface area contributed by atoms with Crippen LogP contribution in [0.25, 0.3) is 0 Å². The second-order valence-electron chi connectivity index (χ2n) is 6.53. The molecule has 4 heteroatoms. The van der Waals surface area contributed by atoms with Gasteiger partial charge in [-0.2, -0.15) is 0 Å². The lowest BCUT2D eigenvalue weighted by Gasteiger charge is -2.36. The van der Waals surface area contributed by atoms with Crippen LogP contribution in [0.5, 0.6) is 0 Å². The van der Waals surface area contributed by atoms with Crippen LogP contribution in [0.2, 0.25) is 0 Å². The molecule has 1 saturated carbocycles. The van der Waals surface area contributed by atoms with Crippen molar-refractivity contribution >= 4 is 5.91 Å². The molecule has 0 radical (unpaired) electrons. The third kappa shape index (κ3) is 5.49. The van der Waals surface area contributed by atoms with E-state index in [1.165, 1.54) is 6.42 Å². The quantitative estimate of drug-likeness (QED) is 0.689. The van der Waals surface area contributed by atoms with Crippen LogP contribution in [0.15, 0.2) is 0 Å². The van der Waals surface area contributed by atoms with Gasteiger partial charge in [-0.15, -0.1) is 0 Å². The fourth-order valence-electron chi connectivity index (χ4n) is 2.80. The molecule has 112 valence electrons. The van der Waals surface area contributed by atoms with E-state index in [0.29, 0.717) is 18.9 Å². The normalized spacial score (nSPS) is 29.3. The molecule has 1 aliphatic rings. The van der Waals surface area contributed by atoms with Gasteiger partial charge >= 0.3 is 0 Å². The van der Waals surface area contributed by atoms with E-state index in [9.17, 15) is 9.90 Å². The van der Waals surface area contributed by atoms with Crippen molar-refractivity contribution in [1.29, 1.82) is 0 Å². The van der Waals surface area contributed by atoms with E-state index in [0.717, 1.165) is 31.6 Å². The summed E-state index contributed by atoms with van der Waals surface area (Å²) in [5.74, 6) is 1.00. The van der Waals surface area contributed by atoms with Crippen molar-refractivity contribution < 1.29 is 9.90 Å². The lowest BCUT2D eigenvalue weighted by Crippen LogP contribution is -2.49. The Morgan fingerprint density at radius 1 is 1.42 bits per heavy atom. The predicted molar refractivity (Wildman–Crippen MR) is 77.6 cm³/mol. The zero-order chi connectivity index (χ0) is 14.5. The van der Waals surface area contributed by atoms with E-state index in [1.54, 1.807) is 0 Å². The van der Waals surface area contributed by atoms with Crippen LogP contribution in [0, 0.1) is 11.8 Å². The van der Waals surface area contributed by atoms with E-state index in [4.69, 9.17) is 5.73 Å². The summed E-state index contributed by atoms with van der Waals surface area (Å²) in [7, 11) is 0. The highest BCUT2D eigenvalue weighted by Gasteiger charge is 2.33. The lowest BCUT2D eigenvalue weighted by atomic mass is 9.78. The molecule has 1 atom stereocenters. The van der Waals surface area contributed by atoms with Gasteiger partial charge in [0, 0.05) is 6.54 Å². The van der Waals surface area contributed by atoms with Crippen molar-refractivity contribution in [2.75, 3.05) is 6.54 Å². The first-order chi connectivity index (χ1) is 8.86. The number of nitrogens with two attached hydrogens (primary N) is 1. The number of carbonyl (C=O) groups is 1. The summed E-state index contributed by atoms with van der Waals surface area (Å²) in [4.78, 5) is 11.8. The maximum absolute atomic E-state index is 11.8. The predicted octanol–water partition coefficient (Wildman–Crippen LogP) is 1.81. The van der Waals surface area contributed by atoms with Crippen LogP contribution in [-0.4, -0.2) is 29.2 Å². The Morgan fingerprint density at radius 3 is 2.47 bits per heavy atom. The molecule has 4 N–H and O–H groups in total. The monoisotopic (exact) mass is 270 g/mol. The van der Waals surface area contributed by atoms with Crippen molar-refractivity contribution in [3.8, 4) is 0 Å². The Morgan fingerprint density at radius 2 is 2.00 bits per heavy atom. The molecule has 1 amide bonds. The average molecular weight is 270 g/mol. The third-order valence-corrected chi connectivity index (χ3v) is 4.27. The summed E-state index contributed by atoms with van der Waals surface area (Å²) < 4.78 is 0. The summed E-state index contributed by atoms with van der Waals surface area (Å²) in [5.41, 5.74) is 5.10. The number of amides is 1. The average Bonchev–Trinajstić information content (AvgIpc) is 2.36. The van der Waals surface area contributed by atoms with Crippen molar-refractivity contribution in [1.82, 2.24) is 5.32 Å². The molecule has 0 aliphatic heterocycles. The number of carbonyl (C=O) groups excluding carboxylic acids is 1. The van der Waals surface area contributed by atoms with Crippen LogP contribution in [-0.2, 0) is 4.79 Å². The highest BCUT2D eigenvalue weighted by molar-refractivity contribution is 5.81. The highest BCUT2D eigenvalue weighted by atomic mass is 16.3. The van der Waals surface area contributed by atoms with Gasteiger partial charge in [0.05, 0.1) is 11.6 Å². The van der Waals surface area contributed by atoms with E-state index in [2.05, 4.69) is 12.2 Å². The maximum Gasteiger partial charge on any atom is 0.237 e. The van der Waals surface area contributed by atoms with Gasteiger partial charge in [0.1, 0.15) is 0 Å². The molecular formula is C15H30N2O2. The first-order valence-electron chi connectivity index (χ1n) is 7.62. The van der Waals surface area contributed by atoms with Crippen molar-refractivity contribution in [3.63, 3.8) is 0 Å². The molecule has 4 nitrogen and oxygen atoms in total. The number of hydrogen-bond donors (Lipinski definition) is 3. The summed E-state index contributed by atoms with van der Waals surface area (Å²) in [6.45, 7) is 6.63. The second-order valence-corrected chi connectivity index (χ2v) is 6.53. The van der Waals surface area contributed by atoms with Gasteiger partial charge < -0.3 is 16.2 Å². The molecule has 0 spiro atoms. The number of hydrogen-bond acceptors (Lipinski definition) is 3. The van der Waals surface area contributed by atoms with Crippen molar-refractivity contribution in [2.45, 2.75) is 70.9 Å². The molecule has 0 aromatic rings. The van der Waals surface area contributed by atoms with Gasteiger partial charge in [-0.1, -0.05) is 27.2 Å². The molecule has 0 aromatic carbocycles. The SMILES string of the molecule is CCC1CCC(O)(CNC(=O)[C@H](N)CC(C)C)CC1. The molecular weight excluding hydrogens is 240 g/mol. The van der Waals surface area contributed by atoms with Gasteiger partial charge in [-0.25, -0.2) is 0 Å². The first kappa shape index (κ1) is 16.4. The van der Waals surface area contributed by atoms with E-state index >= 15 is 0 Å². The maximum atomic E-state index is 11.8. The van der Waals surface area contributed by atoms with Gasteiger partial charge in [-0.3, -0.25) is 4.79 Å². The number of aliphatic hydroxyl groups is 1. The third-order valence-electron chi connectivity index (χ3n) is 4.27. The molecule has 0 bridgehead atoms. The molecule has 1 aliphatic carbocycles. The van der Waals surface area contributed by atoms with Crippen LogP contribution in [0.1, 0.15) is 59.3 Å². The van der Waals surface area contributed by atoms with Crippen LogP contribution >= 0.6 is 0 Å². The number of nitrogens with one attached hydrogen (secondary N) is 1. The second kappa shape index (κ2) is 7.25. The van der Waals surface area contributed by atoms with Crippen LogP contribution in [0.4, 0.5) is 0 Å². The summed E-state index contributed by atoms with van der Waals surface area (Å²) in [6.07, 6.45) is 5.54. The molecule has 0 aromatic heterocycles. The molecule has 0 heterocycles. The molecule has 1 rings (SSSR count).